The van der Waals surface area contributed by atoms with Gasteiger partial charge in [-0.15, -0.1) is 0 Å². The van der Waals surface area contributed by atoms with E-state index in [0.29, 0.717) is 24.5 Å². The standard InChI is InChI=1S/C16H21N5O4/c1-4-20(9-14(22)17-11(2)3)10-15-18-16(19-25-15)12-6-5-7-13(8-12)21(23)24/h5-8,11H,4,9-10H2,1-3H3,(H,17,22). The average Bonchev–Trinajstić information content (AvgIpc) is 3.02. The zero-order chi connectivity index (χ0) is 18.4. The van der Waals surface area contributed by atoms with Crippen molar-refractivity contribution >= 4 is 11.6 Å². The van der Waals surface area contributed by atoms with Crippen LogP contribution in [0.3, 0.4) is 0 Å². The van der Waals surface area contributed by atoms with Gasteiger partial charge in [0.15, 0.2) is 0 Å². The first kappa shape index (κ1) is 18.5. The molecule has 0 atom stereocenters. The number of rotatable bonds is 8. The van der Waals surface area contributed by atoms with E-state index in [0.717, 1.165) is 0 Å². The van der Waals surface area contributed by atoms with Gasteiger partial charge in [0.2, 0.25) is 17.6 Å². The fraction of sp³-hybridized carbons (Fsp3) is 0.438. The van der Waals surface area contributed by atoms with E-state index >= 15 is 0 Å². The third-order valence-electron chi connectivity index (χ3n) is 3.41. The SMILES string of the molecule is CCN(CC(=O)NC(C)C)Cc1nc(-c2cccc([N+](=O)[O-])c2)no1. The maximum absolute atomic E-state index is 11.9. The monoisotopic (exact) mass is 347 g/mol. The Labute approximate surface area is 145 Å². The van der Waals surface area contributed by atoms with Gasteiger partial charge in [-0.3, -0.25) is 19.8 Å². The molecule has 2 aromatic rings. The van der Waals surface area contributed by atoms with Crippen molar-refractivity contribution in [2.75, 3.05) is 13.1 Å². The first-order chi connectivity index (χ1) is 11.9. The third-order valence-corrected chi connectivity index (χ3v) is 3.41. The molecule has 0 aliphatic carbocycles. The van der Waals surface area contributed by atoms with Gasteiger partial charge in [0.1, 0.15) is 0 Å². The van der Waals surface area contributed by atoms with Crippen molar-refractivity contribution in [3.8, 4) is 11.4 Å². The molecular weight excluding hydrogens is 326 g/mol. The number of aromatic nitrogens is 2. The van der Waals surface area contributed by atoms with Crippen molar-refractivity contribution in [3.05, 3.63) is 40.3 Å². The molecule has 134 valence electrons. The second kappa shape index (κ2) is 8.34. The Balaban J connectivity index is 2.06. The van der Waals surface area contributed by atoms with Crippen LogP contribution in [0.2, 0.25) is 0 Å². The van der Waals surface area contributed by atoms with Crippen LogP contribution < -0.4 is 5.32 Å². The number of nitrogens with one attached hydrogen (secondary N) is 1. The van der Waals surface area contributed by atoms with Crippen molar-refractivity contribution < 1.29 is 14.2 Å². The fourth-order valence-electron chi connectivity index (χ4n) is 2.24. The Morgan fingerprint density at radius 2 is 2.20 bits per heavy atom. The second-order valence-electron chi connectivity index (χ2n) is 5.84. The molecule has 1 aromatic heterocycles. The number of amides is 1. The second-order valence-corrected chi connectivity index (χ2v) is 5.84. The summed E-state index contributed by atoms with van der Waals surface area (Å²) in [7, 11) is 0. The molecule has 0 saturated carbocycles. The lowest BCUT2D eigenvalue weighted by atomic mass is 10.2. The maximum atomic E-state index is 11.9. The molecule has 0 aliphatic rings. The smallest absolute Gasteiger partial charge is 0.270 e. The number of non-ortho nitro benzene ring substituents is 1. The summed E-state index contributed by atoms with van der Waals surface area (Å²) in [5.74, 6) is 0.553. The Morgan fingerprint density at radius 1 is 1.44 bits per heavy atom. The van der Waals surface area contributed by atoms with Gasteiger partial charge in [0.05, 0.1) is 18.0 Å². The number of carbonyl (C=O) groups is 1. The number of carbonyl (C=O) groups excluding carboxylic acids is 1. The zero-order valence-corrected chi connectivity index (χ0v) is 14.4. The number of nitro groups is 1. The fourth-order valence-corrected chi connectivity index (χ4v) is 2.24. The zero-order valence-electron chi connectivity index (χ0n) is 14.4. The molecule has 9 heteroatoms. The number of nitro benzene ring substituents is 1. The van der Waals surface area contributed by atoms with Crippen LogP contribution in [0.25, 0.3) is 11.4 Å². The minimum atomic E-state index is -0.476. The van der Waals surface area contributed by atoms with Crippen LogP contribution in [0, 0.1) is 10.1 Å². The molecule has 0 saturated heterocycles. The number of nitrogens with zero attached hydrogens (tertiary/aromatic N) is 4. The number of hydrogen-bond donors (Lipinski definition) is 1. The van der Waals surface area contributed by atoms with Crippen LogP contribution in [0.1, 0.15) is 26.7 Å². The maximum Gasteiger partial charge on any atom is 0.270 e. The van der Waals surface area contributed by atoms with Gasteiger partial charge in [0, 0.05) is 23.7 Å². The van der Waals surface area contributed by atoms with Crippen molar-refractivity contribution in [1.29, 1.82) is 0 Å². The summed E-state index contributed by atoms with van der Waals surface area (Å²) in [6.45, 7) is 6.92. The van der Waals surface area contributed by atoms with Crippen molar-refractivity contribution in [2.45, 2.75) is 33.4 Å². The van der Waals surface area contributed by atoms with Gasteiger partial charge >= 0.3 is 0 Å². The van der Waals surface area contributed by atoms with E-state index < -0.39 is 4.92 Å². The van der Waals surface area contributed by atoms with Gasteiger partial charge in [-0.2, -0.15) is 4.98 Å². The highest BCUT2D eigenvalue weighted by atomic mass is 16.6. The van der Waals surface area contributed by atoms with E-state index in [9.17, 15) is 14.9 Å². The lowest BCUT2D eigenvalue weighted by molar-refractivity contribution is -0.384. The van der Waals surface area contributed by atoms with E-state index in [2.05, 4.69) is 15.5 Å². The highest BCUT2D eigenvalue weighted by Crippen LogP contribution is 2.21. The van der Waals surface area contributed by atoms with Crippen LogP contribution >= 0.6 is 0 Å². The molecule has 0 bridgehead atoms. The van der Waals surface area contributed by atoms with E-state index in [4.69, 9.17) is 4.52 Å². The van der Waals surface area contributed by atoms with Gasteiger partial charge in [0.25, 0.3) is 5.69 Å². The molecule has 0 aliphatic heterocycles. The molecular formula is C16H21N5O4. The van der Waals surface area contributed by atoms with Crippen molar-refractivity contribution in [1.82, 2.24) is 20.4 Å². The highest BCUT2D eigenvalue weighted by molar-refractivity contribution is 5.78. The molecule has 2 rings (SSSR count). The molecule has 1 aromatic carbocycles. The van der Waals surface area contributed by atoms with Crippen LogP contribution in [0.5, 0.6) is 0 Å². The summed E-state index contributed by atoms with van der Waals surface area (Å²) in [4.78, 5) is 28.4. The highest BCUT2D eigenvalue weighted by Gasteiger charge is 2.16. The summed E-state index contributed by atoms with van der Waals surface area (Å²) in [5.41, 5.74) is 0.467. The summed E-state index contributed by atoms with van der Waals surface area (Å²) in [6.07, 6.45) is 0. The minimum absolute atomic E-state index is 0.0376. The van der Waals surface area contributed by atoms with Gasteiger partial charge in [-0.1, -0.05) is 24.2 Å². The van der Waals surface area contributed by atoms with Crippen molar-refractivity contribution in [2.24, 2.45) is 0 Å². The van der Waals surface area contributed by atoms with Crippen LogP contribution in [-0.2, 0) is 11.3 Å². The van der Waals surface area contributed by atoms with Gasteiger partial charge < -0.3 is 9.84 Å². The molecule has 25 heavy (non-hydrogen) atoms. The summed E-state index contributed by atoms with van der Waals surface area (Å²) >= 11 is 0. The minimum Gasteiger partial charge on any atom is -0.353 e. The molecule has 0 spiro atoms. The van der Waals surface area contributed by atoms with Gasteiger partial charge in [-0.25, -0.2) is 0 Å². The molecule has 1 amide bonds. The van der Waals surface area contributed by atoms with Crippen LogP contribution in [0.15, 0.2) is 28.8 Å². The predicted molar refractivity (Wildman–Crippen MR) is 90.6 cm³/mol. The lowest BCUT2D eigenvalue weighted by Gasteiger charge is -2.18. The molecule has 0 fully saturated rings. The van der Waals surface area contributed by atoms with Crippen LogP contribution in [-0.4, -0.2) is 45.0 Å². The normalized spacial score (nSPS) is 11.1. The third kappa shape index (κ3) is 5.35. The first-order valence-corrected chi connectivity index (χ1v) is 7.98. The quantitative estimate of drug-likeness (QED) is 0.573. The van der Waals surface area contributed by atoms with Crippen LogP contribution in [0.4, 0.5) is 5.69 Å². The van der Waals surface area contributed by atoms with E-state index in [1.807, 2.05) is 25.7 Å². The summed E-state index contributed by atoms with van der Waals surface area (Å²) in [5, 5.41) is 17.5. The van der Waals surface area contributed by atoms with E-state index in [1.54, 1.807) is 12.1 Å². The molecule has 0 radical (unpaired) electrons. The van der Waals surface area contributed by atoms with E-state index in [-0.39, 0.29) is 30.0 Å². The Hall–Kier alpha value is -2.81. The largest absolute Gasteiger partial charge is 0.353 e. The van der Waals surface area contributed by atoms with E-state index in [1.165, 1.54) is 12.1 Å². The lowest BCUT2D eigenvalue weighted by Crippen LogP contribution is -2.39. The van der Waals surface area contributed by atoms with Crippen molar-refractivity contribution in [3.63, 3.8) is 0 Å². The summed E-state index contributed by atoms with van der Waals surface area (Å²) in [6, 6.07) is 6.11. The predicted octanol–water partition coefficient (Wildman–Crippen LogP) is 1.99. The summed E-state index contributed by atoms with van der Waals surface area (Å²) < 4.78 is 5.21. The first-order valence-electron chi connectivity index (χ1n) is 7.98. The number of likely N-dealkylation sites (N-methyl/N-ethyl adjacent to an activating group) is 1. The molecule has 9 nitrogen and oxygen atoms in total. The average molecular weight is 347 g/mol. The molecule has 1 N–H and O–H groups in total. The number of benzene rings is 1. The Kier molecular flexibility index (Phi) is 6.18. The molecule has 1 heterocycles. The topological polar surface area (TPSA) is 114 Å². The van der Waals surface area contributed by atoms with Gasteiger partial charge in [-0.05, 0) is 20.4 Å². The number of hydrogen-bond acceptors (Lipinski definition) is 7. The Bertz CT molecular complexity index is 744. The Morgan fingerprint density at radius 3 is 2.84 bits per heavy atom. The molecule has 0 unspecified atom stereocenters.